The minimum Gasteiger partial charge on any atom is -0.479 e. The minimum atomic E-state index is -6.36. The van der Waals surface area contributed by atoms with Crippen LogP contribution in [0.1, 0.15) is 0 Å². The average molecular weight is 1630 g/mol. The highest BCUT2D eigenvalue weighted by atomic mass is 32.3. The lowest BCUT2D eigenvalue weighted by molar-refractivity contribution is -0.375. The van der Waals surface area contributed by atoms with E-state index < -0.39 is 278 Å². The number of rotatable bonds is 35. The Hall–Kier alpha value is -2.83. The van der Waals surface area contributed by atoms with Gasteiger partial charge in [-0.2, -0.15) is 89.9 Å². The Morgan fingerprint density at radius 2 is 0.643 bits per heavy atom. The first kappa shape index (κ1) is 85.8. The molecule has 5 heterocycles. The van der Waals surface area contributed by atoms with Crippen molar-refractivity contribution in [2.75, 3.05) is 48.3 Å². The van der Waals surface area contributed by atoms with Crippen molar-refractivity contribution >= 4 is 105 Å². The lowest BCUT2D eigenvalue weighted by Gasteiger charge is -2.51. The number of ether oxygens (including phenoxy) is 13. The molecule has 0 aliphatic carbocycles. The molecule has 0 radical (unpaired) electrons. The van der Waals surface area contributed by atoms with Crippen LogP contribution in [0.4, 0.5) is 0 Å². The molecule has 0 aromatic rings. The Kier molecular flexibility index (Phi) is 29.0. The molecule has 64 heteroatoms. The smallest absolute Gasteiger partial charge is 0.397 e. The summed E-state index contributed by atoms with van der Waals surface area (Å²) in [4.78, 5) is 26.4. The third-order valence-corrected chi connectivity index (χ3v) is 17.8. The number of aliphatic carboxylic acids is 2. The summed E-state index contributed by atoms with van der Waals surface area (Å²) < 4.78 is 408. The van der Waals surface area contributed by atoms with Crippen LogP contribution in [0.25, 0.3) is 0 Å². The molecule has 16 N–H and O–H groups in total. The van der Waals surface area contributed by atoms with E-state index in [1.54, 1.807) is 4.72 Å². The number of methoxy groups -OCH3 is 4. The predicted octanol–water partition coefficient (Wildman–Crippen LogP) is -12.0. The molecular formula is C34H59N3O52S9. The highest BCUT2D eigenvalue weighted by molar-refractivity contribution is 7.84. The fourth-order valence-electron chi connectivity index (χ4n) is 10.1. The number of carbonyl (C=O) groups is 2. The normalized spacial score (nSPS) is 36.9. The Labute approximate surface area is 551 Å². The van der Waals surface area contributed by atoms with Crippen molar-refractivity contribution < 1.29 is 233 Å². The number of hydrogen-bond donors (Lipinski definition) is 16. The van der Waals surface area contributed by atoms with Crippen molar-refractivity contribution in [2.45, 2.75) is 153 Å². The molecule has 0 amide bonds. The summed E-state index contributed by atoms with van der Waals surface area (Å²) in [5.74, 6) is -4.81. The van der Waals surface area contributed by atoms with Gasteiger partial charge in [0.05, 0.1) is 19.8 Å². The van der Waals surface area contributed by atoms with Crippen LogP contribution in [0.3, 0.4) is 0 Å². The number of carboxylic acid groups (broad SMARTS) is 2. The Balaban J connectivity index is 1.67. The van der Waals surface area contributed by atoms with Gasteiger partial charge in [-0.25, -0.2) is 34.7 Å². The van der Waals surface area contributed by atoms with Crippen LogP contribution in [0.15, 0.2) is 0 Å². The molecule has 0 spiro atoms. The Morgan fingerprint density at radius 3 is 1.00 bits per heavy atom. The van der Waals surface area contributed by atoms with E-state index in [4.69, 9.17) is 61.6 Å². The van der Waals surface area contributed by atoms with Gasteiger partial charge in [-0.3, -0.25) is 41.0 Å². The van der Waals surface area contributed by atoms with E-state index in [-0.39, 0.29) is 0 Å². The zero-order valence-electron chi connectivity index (χ0n) is 48.5. The van der Waals surface area contributed by atoms with E-state index in [0.29, 0.717) is 7.11 Å². The molecule has 98 heavy (non-hydrogen) atoms. The summed E-state index contributed by atoms with van der Waals surface area (Å²) in [5.41, 5.74) is 0. The Bertz CT molecular complexity index is 3830. The fourth-order valence-corrected chi connectivity index (χ4v) is 14.2. The monoisotopic (exact) mass is 1630 g/mol. The fraction of sp³-hybridized carbons (Fsp3) is 0.941. The summed E-state index contributed by atoms with van der Waals surface area (Å²) in [7, 11) is -49.9. The second-order valence-corrected chi connectivity index (χ2v) is 29.8. The van der Waals surface area contributed by atoms with E-state index in [1.807, 2.05) is 0 Å². The van der Waals surface area contributed by atoms with E-state index in [9.17, 15) is 147 Å². The van der Waals surface area contributed by atoms with Gasteiger partial charge in [-0.1, -0.05) is 0 Å². The van der Waals surface area contributed by atoms with Crippen molar-refractivity contribution in [3.05, 3.63) is 0 Å². The summed E-state index contributed by atoms with van der Waals surface area (Å²) in [5, 5.41) is 43.7. The molecule has 25 atom stereocenters. The third-order valence-electron chi connectivity index (χ3n) is 13.4. The maximum absolute atomic E-state index is 13.2. The summed E-state index contributed by atoms with van der Waals surface area (Å²) in [6.07, 6.45) is -61.1. The molecule has 0 unspecified atom stereocenters. The van der Waals surface area contributed by atoms with Crippen molar-refractivity contribution in [1.82, 2.24) is 14.2 Å². The maximum Gasteiger partial charge on any atom is 0.397 e. The SMILES string of the molecule is CO[C@@H]1[C@@H](OC)[C@H](O[C@H]2[C@H](OS(=O)(=O)O)[C@@H](NS(=O)(=O)O)[C@@H](O[C@H]3[C@H](O)[C@@H](OS(=O)(=O)O)[C@H](O[C@H]4[C@H](OS(=O)(=O)O)[C@@H](NS(=O)(=O)O)[C@@H](O)O[C@@H]4COS(=O)(=O)O)O[C@H]3C(=O)O)O[C@@H]2COS(=O)(=O)O)O[C@H](C(=O)O)[C@H]1O[C@H]1O[C@H](COS(=O)(=O)O)[C@@H](OC)[C@H](OC)[C@H]1NS(=O)(=O)O. The molecule has 5 rings (SSSR count). The topological polar surface area (TPSA) is 816 Å². The van der Waals surface area contributed by atoms with Crippen LogP contribution in [0.5, 0.6) is 0 Å². The van der Waals surface area contributed by atoms with E-state index in [0.717, 1.165) is 30.8 Å². The maximum atomic E-state index is 13.2. The lowest BCUT2D eigenvalue weighted by atomic mass is 9.94. The van der Waals surface area contributed by atoms with Gasteiger partial charge in [0, 0.05) is 28.4 Å². The first-order valence-electron chi connectivity index (χ1n) is 25.4. The molecule has 5 saturated heterocycles. The molecule has 576 valence electrons. The van der Waals surface area contributed by atoms with Gasteiger partial charge in [-0.05, 0) is 0 Å². The van der Waals surface area contributed by atoms with Crippen LogP contribution in [0, 0.1) is 0 Å². The van der Waals surface area contributed by atoms with Gasteiger partial charge >= 0.3 is 105 Å². The average Bonchev–Trinajstić information content (AvgIpc) is 0.761. The summed E-state index contributed by atoms with van der Waals surface area (Å²) in [6.45, 7) is -5.03. The summed E-state index contributed by atoms with van der Waals surface area (Å²) in [6, 6.07) is -8.28. The van der Waals surface area contributed by atoms with E-state index >= 15 is 0 Å². The first-order valence-corrected chi connectivity index (χ1v) is 37.9. The largest absolute Gasteiger partial charge is 0.479 e. The van der Waals surface area contributed by atoms with Crippen LogP contribution < -0.4 is 14.2 Å². The molecule has 0 bridgehead atoms. The molecule has 0 aromatic heterocycles. The van der Waals surface area contributed by atoms with Gasteiger partial charge in [0.25, 0.3) is 0 Å². The van der Waals surface area contributed by atoms with Crippen LogP contribution >= 0.6 is 0 Å². The second-order valence-electron chi connectivity index (χ2n) is 19.8. The van der Waals surface area contributed by atoms with Crippen molar-refractivity contribution in [3.8, 4) is 0 Å². The molecule has 0 aromatic carbocycles. The van der Waals surface area contributed by atoms with E-state index in [1.165, 1.54) is 0 Å². The van der Waals surface area contributed by atoms with Crippen LogP contribution in [-0.4, -0.2) is 351 Å². The van der Waals surface area contributed by atoms with Crippen LogP contribution in [-0.2, 0) is 190 Å². The lowest BCUT2D eigenvalue weighted by Crippen LogP contribution is -2.71. The highest BCUT2D eigenvalue weighted by Gasteiger charge is 2.62. The molecule has 5 aliphatic heterocycles. The first-order chi connectivity index (χ1) is 44.5. The standard InChI is InChI=1S/C34H59N3O52S9/c1-71-15-8(5-75-93(53,54)55)79-31(12(18(15)72-2)36-91(47,48)49)84-24-23(73-3)27(74-4)34(86-26(24)29(41)42)82-17-10(7-77-95(59,60)61)80-32(13(37-92(50,51)52)20(17)88-97(65,66)67)83-21-14(38)22(89-98(68,69)70)33(85-25(21)28(39)40)81-16-9(6-76-94(56,57)58)78-30(43)11(35-90(44,45)46)19(16)87-96(62,63)64/h8-27,30-38,43H,5-7H2,1-4H3,(H,39,40)(H,41,42)(H,44,45,46)(H,47,48,49)(H,50,51,52)(H,53,54,55)(H,56,57,58)(H,59,60,61)(H,62,63,64)(H,65,66,67)(H,68,69,70)/t8-,9-,10-,11-,12-,13-,14+,15-,16-,17-,18-,19-,20-,21+,22-,23+,24+,25-,26+,27-,30+,31-,32-,33-,34-/m1/s1. The number of aliphatic hydroxyl groups excluding tert-OH is 2. The second kappa shape index (κ2) is 33.1. The number of aliphatic hydroxyl groups is 2. The van der Waals surface area contributed by atoms with Crippen LogP contribution in [0.2, 0.25) is 0 Å². The molecule has 5 fully saturated rings. The molecule has 0 saturated carbocycles. The van der Waals surface area contributed by atoms with E-state index in [2.05, 4.69) is 25.1 Å². The van der Waals surface area contributed by atoms with Gasteiger partial charge < -0.3 is 82.0 Å². The van der Waals surface area contributed by atoms with Gasteiger partial charge in [-0.15, -0.1) is 0 Å². The molecule has 55 nitrogen and oxygen atoms in total. The van der Waals surface area contributed by atoms with Gasteiger partial charge in [0.2, 0.25) is 0 Å². The zero-order chi connectivity index (χ0) is 74.8. The van der Waals surface area contributed by atoms with Crippen molar-refractivity contribution in [2.24, 2.45) is 0 Å². The van der Waals surface area contributed by atoms with Gasteiger partial charge in [0.15, 0.2) is 49.8 Å². The molecule has 5 aliphatic rings. The minimum absolute atomic E-state index is 0.703. The molecular weight excluding hydrogens is 1570 g/mol. The van der Waals surface area contributed by atoms with Gasteiger partial charge in [0.1, 0.15) is 104 Å². The quantitative estimate of drug-likeness (QED) is 0.0262. The number of nitrogens with one attached hydrogen (secondary N) is 3. The zero-order valence-corrected chi connectivity index (χ0v) is 55.8. The number of hydrogen-bond acceptors (Lipinski definition) is 41. The summed E-state index contributed by atoms with van der Waals surface area (Å²) >= 11 is 0. The predicted molar refractivity (Wildman–Crippen MR) is 287 cm³/mol. The van der Waals surface area contributed by atoms with Crippen molar-refractivity contribution in [1.29, 1.82) is 0 Å². The van der Waals surface area contributed by atoms with Crippen molar-refractivity contribution in [3.63, 3.8) is 0 Å². The highest BCUT2D eigenvalue weighted by Crippen LogP contribution is 2.40. The third kappa shape index (κ3) is 25.2. The number of carboxylic acids is 2. The Morgan fingerprint density at radius 1 is 0.337 bits per heavy atom.